The van der Waals surface area contributed by atoms with Crippen LogP contribution in [0.2, 0.25) is 0 Å². The van der Waals surface area contributed by atoms with Gasteiger partial charge in [-0.05, 0) is 77.9 Å². The molecule has 182 valence electrons. The molecule has 0 radical (unpaired) electrons. The lowest BCUT2D eigenvalue weighted by Gasteiger charge is -2.36. The highest BCUT2D eigenvalue weighted by Crippen LogP contribution is 2.81. The van der Waals surface area contributed by atoms with Crippen LogP contribution in [-0.4, -0.2) is 12.2 Å². The van der Waals surface area contributed by atoms with Gasteiger partial charge in [-0.1, -0.05) is 88.7 Å². The van der Waals surface area contributed by atoms with Gasteiger partial charge in [0.15, 0.2) is 0 Å². The average Bonchev–Trinajstić information content (AvgIpc) is 2.73. The van der Waals surface area contributed by atoms with Crippen LogP contribution in [0.5, 0.6) is 0 Å². The minimum absolute atomic E-state index is 0.0774. The van der Waals surface area contributed by atoms with Gasteiger partial charge in [0.1, 0.15) is 0 Å². The van der Waals surface area contributed by atoms with E-state index in [-0.39, 0.29) is 12.2 Å². The molecule has 3 aromatic rings. The van der Waals surface area contributed by atoms with E-state index in [1.165, 1.54) is 14.7 Å². The fourth-order valence-corrected chi connectivity index (χ4v) is 28.3. The number of hydrogen-bond acceptors (Lipinski definition) is 6. The summed E-state index contributed by atoms with van der Waals surface area (Å²) in [7, 11) is 0. The van der Waals surface area contributed by atoms with E-state index in [1.807, 2.05) is 35.3 Å². The lowest BCUT2D eigenvalue weighted by molar-refractivity contribution is 1.03. The zero-order chi connectivity index (χ0) is 24.7. The van der Waals surface area contributed by atoms with Crippen LogP contribution in [0.1, 0.15) is 41.5 Å². The van der Waals surface area contributed by atoms with Gasteiger partial charge in [-0.2, -0.15) is 0 Å². The third-order valence-electron chi connectivity index (χ3n) is 4.20. The molecule has 0 atom stereocenters. The standard InChI is InChI=1S/C27H33PS6/c1-25(2,29-22-16-10-7-11-17-22)32-28(33-26(3,4)30-23-18-12-8-13-19-23)34-27(5,6)31-24-20-14-9-15-21-24/h7-21H,1-6H3. The van der Waals surface area contributed by atoms with Crippen molar-refractivity contribution in [1.82, 2.24) is 0 Å². The van der Waals surface area contributed by atoms with E-state index < -0.39 is 5.53 Å². The Morgan fingerprint density at radius 3 is 0.882 bits per heavy atom. The zero-order valence-electron chi connectivity index (χ0n) is 20.6. The molecule has 0 N–H and O–H groups in total. The summed E-state index contributed by atoms with van der Waals surface area (Å²) in [6.07, 6.45) is 0. The number of benzene rings is 3. The first-order chi connectivity index (χ1) is 16.0. The van der Waals surface area contributed by atoms with Gasteiger partial charge in [-0.15, -0.1) is 35.3 Å². The largest absolute Gasteiger partial charge is 0.109 e. The van der Waals surface area contributed by atoms with Crippen molar-refractivity contribution in [3.8, 4) is 0 Å². The predicted molar refractivity (Wildman–Crippen MR) is 169 cm³/mol. The van der Waals surface area contributed by atoms with Crippen LogP contribution in [-0.2, 0) is 0 Å². The quantitative estimate of drug-likeness (QED) is 0.118. The molecule has 0 fully saturated rings. The minimum atomic E-state index is -0.426. The average molecular weight is 581 g/mol. The van der Waals surface area contributed by atoms with Crippen LogP contribution < -0.4 is 0 Å². The van der Waals surface area contributed by atoms with Gasteiger partial charge < -0.3 is 0 Å². The summed E-state index contributed by atoms with van der Waals surface area (Å²) >= 11 is 12.4. The van der Waals surface area contributed by atoms with E-state index in [2.05, 4.69) is 167 Å². The predicted octanol–water partition coefficient (Wildman–Crippen LogP) is 12.0. The Bertz CT molecular complexity index is 861. The maximum Gasteiger partial charge on any atom is 0.0770 e. The van der Waals surface area contributed by atoms with Gasteiger partial charge in [0, 0.05) is 14.7 Å². The fraction of sp³-hybridized carbons (Fsp3) is 0.333. The Hall–Kier alpha value is 0.190. The molecule has 0 aliphatic carbocycles. The summed E-state index contributed by atoms with van der Waals surface area (Å²) in [5.41, 5.74) is -0.426. The van der Waals surface area contributed by atoms with E-state index in [9.17, 15) is 0 Å². The summed E-state index contributed by atoms with van der Waals surface area (Å²) in [5.74, 6) is 0. The highest BCUT2D eigenvalue weighted by atomic mass is 33.4. The van der Waals surface area contributed by atoms with Crippen molar-refractivity contribution in [2.24, 2.45) is 0 Å². The van der Waals surface area contributed by atoms with Crippen molar-refractivity contribution in [3.63, 3.8) is 0 Å². The Morgan fingerprint density at radius 2 is 0.647 bits per heavy atom. The van der Waals surface area contributed by atoms with Gasteiger partial charge in [-0.25, -0.2) is 0 Å². The lowest BCUT2D eigenvalue weighted by atomic mass is 10.4. The highest BCUT2D eigenvalue weighted by Gasteiger charge is 2.36. The Morgan fingerprint density at radius 1 is 0.412 bits per heavy atom. The van der Waals surface area contributed by atoms with E-state index in [0.717, 1.165) is 0 Å². The summed E-state index contributed by atoms with van der Waals surface area (Å²) in [6, 6.07) is 32.4. The van der Waals surface area contributed by atoms with E-state index in [4.69, 9.17) is 0 Å². The Kier molecular flexibility index (Phi) is 11.1. The molecule has 0 nitrogen and oxygen atoms in total. The molecule has 0 heterocycles. The van der Waals surface area contributed by atoms with Crippen molar-refractivity contribution < 1.29 is 0 Å². The molecular formula is C27H33PS6. The zero-order valence-corrected chi connectivity index (χ0v) is 26.4. The summed E-state index contributed by atoms with van der Waals surface area (Å²) in [5, 5.41) is 0. The first-order valence-electron chi connectivity index (χ1n) is 11.1. The monoisotopic (exact) mass is 580 g/mol. The molecule has 34 heavy (non-hydrogen) atoms. The summed E-state index contributed by atoms with van der Waals surface area (Å²) < 4.78 is 0.232. The van der Waals surface area contributed by atoms with Gasteiger partial charge >= 0.3 is 0 Å². The van der Waals surface area contributed by atoms with Crippen LogP contribution in [0.4, 0.5) is 0 Å². The van der Waals surface area contributed by atoms with Crippen LogP contribution >= 0.6 is 75.0 Å². The second-order valence-corrected chi connectivity index (χ2v) is 25.9. The van der Waals surface area contributed by atoms with Crippen LogP contribution in [0.15, 0.2) is 106 Å². The van der Waals surface area contributed by atoms with Crippen molar-refractivity contribution in [1.29, 1.82) is 0 Å². The van der Waals surface area contributed by atoms with Crippen LogP contribution in [0, 0.1) is 0 Å². The molecule has 3 aromatic carbocycles. The highest BCUT2D eigenvalue weighted by molar-refractivity contribution is 9.14. The second-order valence-electron chi connectivity index (χ2n) is 8.94. The molecule has 0 spiro atoms. The minimum Gasteiger partial charge on any atom is -0.109 e. The lowest BCUT2D eigenvalue weighted by Crippen LogP contribution is -2.12. The Balaban J connectivity index is 1.76. The molecule has 0 bridgehead atoms. The summed E-state index contributed by atoms with van der Waals surface area (Å²) in [4.78, 5) is 4.00. The van der Waals surface area contributed by atoms with E-state index in [1.54, 1.807) is 0 Å². The van der Waals surface area contributed by atoms with Crippen LogP contribution in [0.3, 0.4) is 0 Å². The molecule has 0 unspecified atom stereocenters. The van der Waals surface area contributed by atoms with Crippen LogP contribution in [0.25, 0.3) is 0 Å². The maximum absolute atomic E-state index is 2.38. The van der Waals surface area contributed by atoms with E-state index in [0.29, 0.717) is 0 Å². The molecule has 7 heteroatoms. The number of rotatable bonds is 12. The molecular weight excluding hydrogens is 548 g/mol. The first-order valence-corrected chi connectivity index (χ1v) is 19.2. The van der Waals surface area contributed by atoms with Crippen molar-refractivity contribution in [2.75, 3.05) is 0 Å². The molecule has 0 aromatic heterocycles. The van der Waals surface area contributed by atoms with Crippen molar-refractivity contribution >= 4 is 75.0 Å². The van der Waals surface area contributed by atoms with Gasteiger partial charge in [0.2, 0.25) is 0 Å². The van der Waals surface area contributed by atoms with Gasteiger partial charge in [0.05, 0.1) is 17.8 Å². The fourth-order valence-electron chi connectivity index (χ4n) is 2.97. The second kappa shape index (κ2) is 13.1. The molecule has 0 saturated carbocycles. The maximum atomic E-state index is 2.38. The first kappa shape index (κ1) is 28.8. The number of hydrogen-bond donors (Lipinski definition) is 0. The summed E-state index contributed by atoms with van der Waals surface area (Å²) in [6.45, 7) is 14.3. The third-order valence-corrected chi connectivity index (χ3v) is 21.1. The number of thioether (sulfide) groups is 3. The smallest absolute Gasteiger partial charge is 0.0770 e. The molecule has 0 amide bonds. The van der Waals surface area contributed by atoms with Crippen molar-refractivity contribution in [2.45, 2.75) is 68.5 Å². The van der Waals surface area contributed by atoms with E-state index >= 15 is 0 Å². The molecule has 3 rings (SSSR count). The topological polar surface area (TPSA) is 0 Å². The normalized spacial score (nSPS) is 12.8. The molecule has 0 aliphatic rings. The molecule has 0 aliphatic heterocycles. The van der Waals surface area contributed by atoms with Gasteiger partial charge in [0.25, 0.3) is 0 Å². The SMILES string of the molecule is CC(C)(Sc1ccccc1)SP(SC(C)(C)Sc1ccccc1)SC(C)(C)Sc1ccccc1. The van der Waals surface area contributed by atoms with Gasteiger partial charge in [-0.3, -0.25) is 0 Å². The van der Waals surface area contributed by atoms with Crippen molar-refractivity contribution in [3.05, 3.63) is 91.0 Å². The Labute approximate surface area is 232 Å². The molecule has 0 saturated heterocycles. The third kappa shape index (κ3) is 10.7.